The molecule has 0 radical (unpaired) electrons. The highest BCUT2D eigenvalue weighted by atomic mass is 15.3. The highest BCUT2D eigenvalue weighted by molar-refractivity contribution is 5.55. The second kappa shape index (κ2) is 4.84. The smallest absolute Gasteiger partial charge is 0.182 e. The quantitative estimate of drug-likeness (QED) is 0.606. The van der Waals surface area contributed by atoms with Crippen molar-refractivity contribution in [3.63, 3.8) is 0 Å². The van der Waals surface area contributed by atoms with E-state index in [1.165, 1.54) is 0 Å². The second-order valence-corrected chi connectivity index (χ2v) is 3.56. The lowest BCUT2D eigenvalue weighted by atomic mass is 10.2. The Hall–Kier alpha value is -2.08. The van der Waals surface area contributed by atoms with Crippen molar-refractivity contribution in [3.8, 4) is 11.5 Å². The maximum Gasteiger partial charge on any atom is 0.182 e. The van der Waals surface area contributed by atoms with E-state index in [4.69, 9.17) is 5.84 Å². The van der Waals surface area contributed by atoms with Gasteiger partial charge in [-0.05, 0) is 13.3 Å². The van der Waals surface area contributed by atoms with Gasteiger partial charge in [-0.3, -0.25) is 4.98 Å². The highest BCUT2D eigenvalue weighted by Gasteiger charge is 2.11. The molecule has 0 atom stereocenters. The Balaban J connectivity index is 2.56. The Morgan fingerprint density at radius 1 is 1.29 bits per heavy atom. The van der Waals surface area contributed by atoms with Crippen LogP contribution in [0, 0.1) is 6.92 Å². The van der Waals surface area contributed by atoms with E-state index in [9.17, 15) is 0 Å². The van der Waals surface area contributed by atoms with Crippen LogP contribution < -0.4 is 11.3 Å². The molecule has 0 bridgehead atoms. The fraction of sp³-hybridized carbons (Fsp3) is 0.273. The zero-order valence-corrected chi connectivity index (χ0v) is 9.81. The van der Waals surface area contributed by atoms with Gasteiger partial charge in [0.1, 0.15) is 11.5 Å². The summed E-state index contributed by atoms with van der Waals surface area (Å²) in [7, 11) is 0. The van der Waals surface area contributed by atoms with Gasteiger partial charge in [-0.2, -0.15) is 0 Å². The Morgan fingerprint density at radius 3 is 2.71 bits per heavy atom. The van der Waals surface area contributed by atoms with Crippen molar-refractivity contribution < 1.29 is 0 Å². The first-order chi connectivity index (χ1) is 8.26. The minimum absolute atomic E-state index is 0.536. The molecule has 6 heteroatoms. The van der Waals surface area contributed by atoms with Gasteiger partial charge in [0.15, 0.2) is 5.82 Å². The van der Waals surface area contributed by atoms with Crippen LogP contribution in [0.2, 0.25) is 0 Å². The first-order valence-corrected chi connectivity index (χ1v) is 5.36. The first-order valence-electron chi connectivity index (χ1n) is 5.36. The molecule has 0 unspecified atom stereocenters. The zero-order chi connectivity index (χ0) is 12.3. The summed E-state index contributed by atoms with van der Waals surface area (Å²) < 4.78 is 0. The number of rotatable bonds is 3. The van der Waals surface area contributed by atoms with E-state index in [0.717, 1.165) is 17.7 Å². The molecular weight excluding hydrogens is 216 g/mol. The normalized spacial score (nSPS) is 10.3. The van der Waals surface area contributed by atoms with E-state index >= 15 is 0 Å². The van der Waals surface area contributed by atoms with Crippen LogP contribution in [0.4, 0.5) is 5.82 Å². The van der Waals surface area contributed by atoms with E-state index < -0.39 is 0 Å². The van der Waals surface area contributed by atoms with Crippen molar-refractivity contribution >= 4 is 5.82 Å². The largest absolute Gasteiger partial charge is 0.308 e. The summed E-state index contributed by atoms with van der Waals surface area (Å²) in [5.74, 6) is 6.60. The fourth-order valence-electron chi connectivity index (χ4n) is 1.58. The monoisotopic (exact) mass is 230 g/mol. The van der Waals surface area contributed by atoms with E-state index in [1.807, 2.05) is 13.8 Å². The molecular formula is C11H14N6. The molecule has 2 heterocycles. The van der Waals surface area contributed by atoms with Crippen molar-refractivity contribution in [2.45, 2.75) is 20.3 Å². The van der Waals surface area contributed by atoms with Gasteiger partial charge in [0.25, 0.3) is 0 Å². The third-order valence-corrected chi connectivity index (χ3v) is 2.51. The molecule has 2 rings (SSSR count). The number of nitrogens with two attached hydrogens (primary N) is 1. The molecule has 2 aromatic rings. The summed E-state index contributed by atoms with van der Waals surface area (Å²) in [5.41, 5.74) is 5.13. The molecule has 0 fully saturated rings. The third-order valence-electron chi connectivity index (χ3n) is 2.51. The summed E-state index contributed by atoms with van der Waals surface area (Å²) >= 11 is 0. The molecule has 0 spiro atoms. The molecule has 6 nitrogen and oxygen atoms in total. The Labute approximate surface area is 99.3 Å². The Morgan fingerprint density at radius 2 is 2.12 bits per heavy atom. The van der Waals surface area contributed by atoms with Crippen molar-refractivity contribution in [1.29, 1.82) is 0 Å². The third kappa shape index (κ3) is 2.21. The zero-order valence-electron chi connectivity index (χ0n) is 9.81. The molecule has 0 aliphatic heterocycles. The van der Waals surface area contributed by atoms with E-state index in [-0.39, 0.29) is 0 Å². The maximum absolute atomic E-state index is 5.44. The first kappa shape index (κ1) is 11.4. The van der Waals surface area contributed by atoms with Crippen LogP contribution in [0.3, 0.4) is 0 Å². The number of hydrogen-bond acceptors (Lipinski definition) is 6. The van der Waals surface area contributed by atoms with Crippen molar-refractivity contribution in [2.24, 2.45) is 5.84 Å². The minimum Gasteiger partial charge on any atom is -0.308 e. The van der Waals surface area contributed by atoms with Gasteiger partial charge in [-0.15, -0.1) is 0 Å². The number of aryl methyl sites for hydroxylation is 1. The number of nitrogens with one attached hydrogen (secondary N) is 1. The SMILES string of the molecule is CCc1nc(-c2cnccn2)nc(NN)c1C. The van der Waals surface area contributed by atoms with E-state index in [2.05, 4.69) is 25.4 Å². The number of nitrogen functional groups attached to an aromatic ring is 1. The minimum atomic E-state index is 0.536. The molecule has 88 valence electrons. The summed E-state index contributed by atoms with van der Waals surface area (Å²) in [6.45, 7) is 3.98. The van der Waals surface area contributed by atoms with Crippen molar-refractivity contribution in [2.75, 3.05) is 5.43 Å². The second-order valence-electron chi connectivity index (χ2n) is 3.56. The molecule has 0 saturated heterocycles. The average molecular weight is 230 g/mol. The van der Waals surface area contributed by atoms with Crippen LogP contribution in [0.15, 0.2) is 18.6 Å². The van der Waals surface area contributed by atoms with Crippen LogP contribution in [0.1, 0.15) is 18.2 Å². The van der Waals surface area contributed by atoms with Crippen molar-refractivity contribution in [1.82, 2.24) is 19.9 Å². The Bertz CT molecular complexity index is 486. The number of hydrogen-bond donors (Lipinski definition) is 2. The standard InChI is InChI=1S/C11H14N6/c1-3-8-7(2)10(17-12)16-11(15-8)9-6-13-4-5-14-9/h4-6H,3,12H2,1-2H3,(H,15,16,17). The van der Waals surface area contributed by atoms with Gasteiger partial charge in [0, 0.05) is 23.7 Å². The van der Waals surface area contributed by atoms with Gasteiger partial charge in [0.2, 0.25) is 0 Å². The topological polar surface area (TPSA) is 89.6 Å². The molecule has 3 N–H and O–H groups in total. The maximum atomic E-state index is 5.44. The van der Waals surface area contributed by atoms with Crippen LogP contribution in [0.25, 0.3) is 11.5 Å². The van der Waals surface area contributed by atoms with Crippen molar-refractivity contribution in [3.05, 3.63) is 29.8 Å². The fourth-order valence-corrected chi connectivity index (χ4v) is 1.58. The molecule has 0 aromatic carbocycles. The average Bonchev–Trinajstić information content (AvgIpc) is 2.40. The molecule has 2 aromatic heterocycles. The molecule has 0 aliphatic carbocycles. The molecule has 0 amide bonds. The summed E-state index contributed by atoms with van der Waals surface area (Å²) in [4.78, 5) is 17.0. The molecule has 0 saturated carbocycles. The summed E-state index contributed by atoms with van der Waals surface area (Å²) in [5, 5.41) is 0. The lowest BCUT2D eigenvalue weighted by molar-refractivity contribution is 0.965. The lowest BCUT2D eigenvalue weighted by Gasteiger charge is -2.10. The summed E-state index contributed by atoms with van der Waals surface area (Å²) in [6.07, 6.45) is 5.67. The predicted octanol–water partition coefficient (Wildman–Crippen LogP) is 1.09. The van der Waals surface area contributed by atoms with Gasteiger partial charge in [-0.25, -0.2) is 20.8 Å². The summed E-state index contributed by atoms with van der Waals surface area (Å²) in [6, 6.07) is 0. The number of hydrazine groups is 1. The van der Waals surface area contributed by atoms with Gasteiger partial charge in [-0.1, -0.05) is 6.92 Å². The number of aromatic nitrogens is 4. The number of anilines is 1. The van der Waals surface area contributed by atoms with E-state index in [1.54, 1.807) is 18.6 Å². The molecule has 17 heavy (non-hydrogen) atoms. The predicted molar refractivity (Wildman–Crippen MR) is 65.0 cm³/mol. The highest BCUT2D eigenvalue weighted by Crippen LogP contribution is 2.19. The van der Waals surface area contributed by atoms with E-state index in [0.29, 0.717) is 17.3 Å². The number of nitrogens with zero attached hydrogens (tertiary/aromatic N) is 4. The van der Waals surface area contributed by atoms with Crippen LogP contribution in [-0.4, -0.2) is 19.9 Å². The molecule has 0 aliphatic rings. The lowest BCUT2D eigenvalue weighted by Crippen LogP contribution is -2.13. The van der Waals surface area contributed by atoms with Gasteiger partial charge in [0.05, 0.1) is 6.20 Å². The van der Waals surface area contributed by atoms with Crippen LogP contribution >= 0.6 is 0 Å². The van der Waals surface area contributed by atoms with Gasteiger partial charge < -0.3 is 5.43 Å². The van der Waals surface area contributed by atoms with Crippen LogP contribution in [-0.2, 0) is 6.42 Å². The Kier molecular flexibility index (Phi) is 3.24. The van der Waals surface area contributed by atoms with Crippen LogP contribution in [0.5, 0.6) is 0 Å². The van der Waals surface area contributed by atoms with Gasteiger partial charge >= 0.3 is 0 Å².